The number of para-hydroxylation sites is 1. The van der Waals surface area contributed by atoms with Gasteiger partial charge in [0, 0.05) is 18.2 Å². The van der Waals surface area contributed by atoms with Gasteiger partial charge in [-0.1, -0.05) is 18.2 Å². The minimum absolute atomic E-state index is 0.386. The fourth-order valence-corrected chi connectivity index (χ4v) is 1.91. The number of nitrogens with zero attached hydrogens (tertiary/aromatic N) is 1. The number of pyridine rings is 1. The van der Waals surface area contributed by atoms with E-state index in [1.165, 1.54) is 14.0 Å². The lowest BCUT2D eigenvalue weighted by Gasteiger charge is -2.10. The van der Waals surface area contributed by atoms with Gasteiger partial charge in [-0.3, -0.25) is 9.78 Å². The third kappa shape index (κ3) is 3.92. The number of carbonyl (C=O) groups is 1. The number of aryl methyl sites for hydroxylation is 1. The van der Waals surface area contributed by atoms with Gasteiger partial charge in [0.2, 0.25) is 0 Å². The average Bonchev–Trinajstić information content (AvgIpc) is 2.45. The summed E-state index contributed by atoms with van der Waals surface area (Å²) in [6.07, 6.45) is 3.72. The Morgan fingerprint density at radius 2 is 1.90 bits per heavy atom. The summed E-state index contributed by atoms with van der Waals surface area (Å²) in [5.74, 6) is 0.545. The molecular formula is C17H17NO3. The zero-order valence-corrected chi connectivity index (χ0v) is 12.3. The lowest BCUT2D eigenvalue weighted by Crippen LogP contribution is -2.04. The molecule has 1 heterocycles. The largest absolute Gasteiger partial charge is 0.493 e. The van der Waals surface area contributed by atoms with Gasteiger partial charge in [0.15, 0.2) is 11.5 Å². The zero-order chi connectivity index (χ0) is 15.2. The van der Waals surface area contributed by atoms with Crippen LogP contribution in [-0.4, -0.2) is 18.1 Å². The molecule has 0 atom stereocenters. The molecular weight excluding hydrogens is 266 g/mol. The van der Waals surface area contributed by atoms with Gasteiger partial charge in [0.25, 0.3) is 0 Å². The van der Waals surface area contributed by atoms with Crippen LogP contribution in [0.1, 0.15) is 23.9 Å². The maximum Gasteiger partial charge on any atom is 0.308 e. The Bertz CT molecular complexity index is 677. The van der Waals surface area contributed by atoms with Gasteiger partial charge in [0.05, 0.1) is 12.8 Å². The smallest absolute Gasteiger partial charge is 0.308 e. The molecule has 0 fully saturated rings. The van der Waals surface area contributed by atoms with Gasteiger partial charge in [-0.05, 0) is 37.3 Å². The molecule has 0 unspecified atom stereocenters. The highest BCUT2D eigenvalue weighted by Gasteiger charge is 2.10. The molecule has 0 saturated heterocycles. The van der Waals surface area contributed by atoms with Crippen LogP contribution in [0.4, 0.5) is 0 Å². The molecule has 0 amide bonds. The van der Waals surface area contributed by atoms with Gasteiger partial charge in [0.1, 0.15) is 0 Å². The van der Waals surface area contributed by atoms with Crippen LogP contribution < -0.4 is 9.47 Å². The minimum atomic E-state index is -0.386. The van der Waals surface area contributed by atoms with Crippen molar-refractivity contribution in [1.82, 2.24) is 4.98 Å². The molecule has 1 aromatic carbocycles. The molecule has 0 saturated carbocycles. The van der Waals surface area contributed by atoms with Crippen molar-refractivity contribution in [2.75, 3.05) is 7.11 Å². The zero-order valence-electron chi connectivity index (χ0n) is 12.3. The molecule has 2 rings (SSSR count). The van der Waals surface area contributed by atoms with E-state index in [1.54, 1.807) is 6.07 Å². The first kappa shape index (κ1) is 14.8. The monoisotopic (exact) mass is 283 g/mol. The Hall–Kier alpha value is -2.62. The number of benzene rings is 1. The first-order chi connectivity index (χ1) is 10.1. The molecule has 0 bridgehead atoms. The number of methoxy groups -OCH3 is 1. The second kappa shape index (κ2) is 6.70. The van der Waals surface area contributed by atoms with Crippen molar-refractivity contribution in [2.24, 2.45) is 0 Å². The van der Waals surface area contributed by atoms with E-state index in [2.05, 4.69) is 4.98 Å². The summed E-state index contributed by atoms with van der Waals surface area (Å²) in [6.45, 7) is 3.30. The van der Waals surface area contributed by atoms with Crippen molar-refractivity contribution >= 4 is 18.1 Å². The average molecular weight is 283 g/mol. The van der Waals surface area contributed by atoms with E-state index in [0.29, 0.717) is 11.5 Å². The summed E-state index contributed by atoms with van der Waals surface area (Å²) in [6, 6.07) is 11.2. The molecule has 1 aromatic heterocycles. The molecule has 0 aliphatic heterocycles. The van der Waals surface area contributed by atoms with E-state index in [-0.39, 0.29) is 5.97 Å². The summed E-state index contributed by atoms with van der Waals surface area (Å²) in [5.41, 5.74) is 2.54. The van der Waals surface area contributed by atoms with Gasteiger partial charge < -0.3 is 9.47 Å². The van der Waals surface area contributed by atoms with E-state index in [1.807, 2.05) is 49.4 Å². The van der Waals surface area contributed by atoms with Crippen LogP contribution in [0.5, 0.6) is 11.5 Å². The molecule has 108 valence electrons. The van der Waals surface area contributed by atoms with Crippen LogP contribution in [0, 0.1) is 6.92 Å². The fraction of sp³-hybridized carbons (Fsp3) is 0.176. The van der Waals surface area contributed by atoms with Crippen molar-refractivity contribution in [3.8, 4) is 11.5 Å². The summed E-state index contributed by atoms with van der Waals surface area (Å²) < 4.78 is 10.5. The lowest BCUT2D eigenvalue weighted by atomic mass is 10.1. The van der Waals surface area contributed by atoms with Crippen LogP contribution in [0.3, 0.4) is 0 Å². The molecule has 0 radical (unpaired) electrons. The number of hydrogen-bond donors (Lipinski definition) is 0. The number of aromatic nitrogens is 1. The van der Waals surface area contributed by atoms with Gasteiger partial charge in [-0.15, -0.1) is 0 Å². The number of hydrogen-bond acceptors (Lipinski definition) is 4. The van der Waals surface area contributed by atoms with Crippen LogP contribution in [0.25, 0.3) is 12.2 Å². The third-order valence-electron chi connectivity index (χ3n) is 2.82. The molecule has 0 N–H and O–H groups in total. The van der Waals surface area contributed by atoms with Crippen molar-refractivity contribution in [3.05, 3.63) is 53.3 Å². The summed E-state index contributed by atoms with van der Waals surface area (Å²) in [4.78, 5) is 15.6. The molecule has 0 spiro atoms. The Labute approximate surface area is 124 Å². The number of carbonyl (C=O) groups excluding carboxylic acids is 1. The second-order valence-electron chi connectivity index (χ2n) is 4.51. The summed E-state index contributed by atoms with van der Waals surface area (Å²) in [7, 11) is 1.54. The molecule has 4 heteroatoms. The topological polar surface area (TPSA) is 48.4 Å². The number of esters is 1. The maximum atomic E-state index is 11.2. The van der Waals surface area contributed by atoms with Crippen LogP contribution in [0.15, 0.2) is 36.4 Å². The molecule has 0 aliphatic carbocycles. The standard InChI is InChI=1S/C17H17NO3/c1-12-6-4-8-15(18-12)11-10-14-7-5-9-16(20-3)17(14)21-13(2)19/h4-11H,1-3H3/b11-10+. The fourth-order valence-electron chi connectivity index (χ4n) is 1.91. The number of rotatable bonds is 4. The van der Waals surface area contributed by atoms with Gasteiger partial charge in [-0.25, -0.2) is 0 Å². The molecule has 0 aliphatic rings. The molecule has 4 nitrogen and oxygen atoms in total. The van der Waals surface area contributed by atoms with E-state index in [0.717, 1.165) is 17.0 Å². The maximum absolute atomic E-state index is 11.2. The van der Waals surface area contributed by atoms with Crippen molar-refractivity contribution in [2.45, 2.75) is 13.8 Å². The van der Waals surface area contributed by atoms with Crippen LogP contribution >= 0.6 is 0 Å². The van der Waals surface area contributed by atoms with Crippen molar-refractivity contribution in [1.29, 1.82) is 0 Å². The van der Waals surface area contributed by atoms with Crippen molar-refractivity contribution in [3.63, 3.8) is 0 Å². The molecule has 21 heavy (non-hydrogen) atoms. The predicted molar refractivity (Wildman–Crippen MR) is 82.2 cm³/mol. The highest BCUT2D eigenvalue weighted by molar-refractivity contribution is 5.77. The van der Waals surface area contributed by atoms with E-state index in [4.69, 9.17) is 9.47 Å². The SMILES string of the molecule is COc1cccc(/C=C/c2cccc(C)n2)c1OC(C)=O. The van der Waals surface area contributed by atoms with Gasteiger partial charge in [-0.2, -0.15) is 0 Å². The van der Waals surface area contributed by atoms with E-state index in [9.17, 15) is 4.79 Å². The van der Waals surface area contributed by atoms with Crippen LogP contribution in [-0.2, 0) is 4.79 Å². The van der Waals surface area contributed by atoms with Gasteiger partial charge >= 0.3 is 5.97 Å². The summed E-state index contributed by atoms with van der Waals surface area (Å²) >= 11 is 0. The first-order valence-electron chi connectivity index (χ1n) is 6.57. The highest BCUT2D eigenvalue weighted by Crippen LogP contribution is 2.32. The third-order valence-corrected chi connectivity index (χ3v) is 2.82. The minimum Gasteiger partial charge on any atom is -0.493 e. The summed E-state index contributed by atoms with van der Waals surface area (Å²) in [5, 5.41) is 0. The number of ether oxygens (including phenoxy) is 2. The Balaban J connectivity index is 2.36. The highest BCUT2D eigenvalue weighted by atomic mass is 16.6. The van der Waals surface area contributed by atoms with Crippen molar-refractivity contribution < 1.29 is 14.3 Å². The quantitative estimate of drug-likeness (QED) is 0.636. The first-order valence-corrected chi connectivity index (χ1v) is 6.57. The predicted octanol–water partition coefficient (Wildman–Crippen LogP) is 3.49. The molecule has 2 aromatic rings. The van der Waals surface area contributed by atoms with Crippen LogP contribution in [0.2, 0.25) is 0 Å². The lowest BCUT2D eigenvalue weighted by molar-refractivity contribution is -0.132. The van der Waals surface area contributed by atoms with E-state index >= 15 is 0 Å². The Morgan fingerprint density at radius 1 is 1.14 bits per heavy atom. The van der Waals surface area contributed by atoms with E-state index < -0.39 is 0 Å². The normalized spacial score (nSPS) is 10.6. The second-order valence-corrected chi connectivity index (χ2v) is 4.51. The Morgan fingerprint density at radius 3 is 2.57 bits per heavy atom. The Kier molecular flexibility index (Phi) is 4.72.